The molecule has 1 aliphatic rings. The van der Waals surface area contributed by atoms with Gasteiger partial charge in [0.1, 0.15) is 22.6 Å². The summed E-state index contributed by atoms with van der Waals surface area (Å²) < 4.78 is 18.5. The van der Waals surface area contributed by atoms with Crippen molar-refractivity contribution in [3.05, 3.63) is 53.7 Å². The van der Waals surface area contributed by atoms with Gasteiger partial charge in [0.15, 0.2) is 5.82 Å². The predicted octanol–water partition coefficient (Wildman–Crippen LogP) is 3.33. The molecule has 4 rings (SSSR count). The van der Waals surface area contributed by atoms with Crippen LogP contribution in [0.3, 0.4) is 0 Å². The second-order valence-electron chi connectivity index (χ2n) is 7.38. The molecule has 0 bridgehead atoms. The number of anilines is 6. The number of methoxy groups -OCH3 is 1. The third-order valence-corrected chi connectivity index (χ3v) is 6.02. The molecule has 0 saturated carbocycles. The van der Waals surface area contributed by atoms with Crippen LogP contribution in [0.25, 0.3) is 0 Å². The first-order valence-electron chi connectivity index (χ1n) is 10.5. The Morgan fingerprint density at radius 2 is 1.94 bits per heavy atom. The number of benzene rings is 2. The van der Waals surface area contributed by atoms with Crippen LogP contribution in [-0.4, -0.2) is 54.5 Å². The summed E-state index contributed by atoms with van der Waals surface area (Å²) in [6, 6.07) is 13.5. The van der Waals surface area contributed by atoms with Crippen LogP contribution >= 0.6 is 11.6 Å². The Morgan fingerprint density at radius 1 is 1.15 bits per heavy atom. The summed E-state index contributed by atoms with van der Waals surface area (Å²) in [5.74, 6) is 1.48. The van der Waals surface area contributed by atoms with Crippen molar-refractivity contribution in [3.63, 3.8) is 0 Å². The molecule has 174 valence electrons. The molecule has 1 aliphatic heterocycles. The molecule has 2 aromatic carbocycles. The van der Waals surface area contributed by atoms with Crippen LogP contribution in [-0.2, 0) is 11.9 Å². The van der Waals surface area contributed by atoms with Crippen molar-refractivity contribution < 1.29 is 8.95 Å². The number of aromatic nitrogens is 2. The van der Waals surface area contributed by atoms with Crippen LogP contribution in [0.4, 0.5) is 34.5 Å². The summed E-state index contributed by atoms with van der Waals surface area (Å²) in [5.41, 5.74) is 3.31. The van der Waals surface area contributed by atoms with Crippen molar-refractivity contribution >= 4 is 58.0 Å². The quantitative estimate of drug-likeness (QED) is 0.359. The van der Waals surface area contributed by atoms with Gasteiger partial charge in [-0.05, 0) is 24.3 Å². The van der Waals surface area contributed by atoms with E-state index in [1.807, 2.05) is 36.4 Å². The molecule has 1 aromatic heterocycles. The number of rotatable bonds is 8. The SMILES string of the molecule is COc1cc(N2CCNCC2)ccc1Nc1ncc(Cl)c(Nc2ccccc2N(C)[SH]=O)n1. The van der Waals surface area contributed by atoms with Gasteiger partial charge in [0.05, 0.1) is 30.4 Å². The Bertz CT molecular complexity index is 1130. The zero-order chi connectivity index (χ0) is 23.2. The molecule has 2 heterocycles. The lowest BCUT2D eigenvalue weighted by Gasteiger charge is -2.30. The van der Waals surface area contributed by atoms with Crippen LogP contribution < -0.4 is 29.9 Å². The number of thiol groups is 1. The summed E-state index contributed by atoms with van der Waals surface area (Å²) in [6.07, 6.45) is 1.53. The maximum Gasteiger partial charge on any atom is 0.229 e. The number of hydrogen-bond acceptors (Lipinski definition) is 8. The lowest BCUT2D eigenvalue weighted by Crippen LogP contribution is -2.43. The van der Waals surface area contributed by atoms with Crippen molar-refractivity contribution in [1.29, 1.82) is 0 Å². The summed E-state index contributed by atoms with van der Waals surface area (Å²) in [4.78, 5) is 11.2. The monoisotopic (exact) mass is 487 g/mol. The van der Waals surface area contributed by atoms with Gasteiger partial charge in [0.2, 0.25) is 5.95 Å². The Labute approximate surface area is 201 Å². The van der Waals surface area contributed by atoms with Gasteiger partial charge in [-0.2, -0.15) is 4.98 Å². The standard InChI is InChI=1S/C22H26ClN7O2S/c1-29(33-31)19-6-4-3-5-17(19)26-21-16(23)14-25-22(28-21)27-18-8-7-15(13-20(18)32-2)30-11-9-24-10-12-30/h3-8,13-14,24,33H,9-12H2,1-2H3,(H2,25,26,27,28). The van der Waals surface area contributed by atoms with E-state index >= 15 is 0 Å². The molecular formula is C22H26ClN7O2S. The van der Waals surface area contributed by atoms with Crippen molar-refractivity contribution in [2.75, 3.05) is 60.2 Å². The number of ether oxygens (including phenoxy) is 1. The average Bonchev–Trinajstić information content (AvgIpc) is 2.86. The van der Waals surface area contributed by atoms with Gasteiger partial charge in [-0.25, -0.2) is 9.19 Å². The van der Waals surface area contributed by atoms with Gasteiger partial charge in [-0.15, -0.1) is 0 Å². The lowest BCUT2D eigenvalue weighted by molar-refractivity contribution is 0.416. The van der Waals surface area contributed by atoms with E-state index in [9.17, 15) is 4.21 Å². The smallest absolute Gasteiger partial charge is 0.229 e. The predicted molar refractivity (Wildman–Crippen MR) is 136 cm³/mol. The van der Waals surface area contributed by atoms with Gasteiger partial charge in [-0.3, -0.25) is 4.31 Å². The molecular weight excluding hydrogens is 462 g/mol. The first-order valence-corrected chi connectivity index (χ1v) is 11.6. The fourth-order valence-electron chi connectivity index (χ4n) is 3.57. The zero-order valence-electron chi connectivity index (χ0n) is 18.4. The maximum atomic E-state index is 11.3. The molecule has 0 aliphatic carbocycles. The first-order chi connectivity index (χ1) is 16.1. The van der Waals surface area contributed by atoms with Crippen LogP contribution in [0.5, 0.6) is 5.75 Å². The Kier molecular flexibility index (Phi) is 7.48. The second kappa shape index (κ2) is 10.7. The lowest BCUT2D eigenvalue weighted by atomic mass is 10.2. The minimum absolute atomic E-state index is 0.122. The van der Waals surface area contributed by atoms with E-state index in [4.69, 9.17) is 16.3 Å². The molecule has 9 nitrogen and oxygen atoms in total. The summed E-state index contributed by atoms with van der Waals surface area (Å²) >= 11 is 6.23. The van der Waals surface area contributed by atoms with E-state index in [2.05, 4.69) is 36.9 Å². The number of para-hydroxylation sites is 2. The number of nitrogens with zero attached hydrogens (tertiary/aromatic N) is 4. The highest BCUT2D eigenvalue weighted by Crippen LogP contribution is 2.33. The van der Waals surface area contributed by atoms with Crippen molar-refractivity contribution in [2.45, 2.75) is 0 Å². The molecule has 1 saturated heterocycles. The number of piperazine rings is 1. The summed E-state index contributed by atoms with van der Waals surface area (Å²) in [5, 5.41) is 10.1. The van der Waals surface area contributed by atoms with E-state index in [0.717, 1.165) is 43.2 Å². The van der Waals surface area contributed by atoms with Gasteiger partial charge >= 0.3 is 0 Å². The second-order valence-corrected chi connectivity index (χ2v) is 8.55. The highest BCUT2D eigenvalue weighted by Gasteiger charge is 2.15. The molecule has 3 N–H and O–H groups in total. The van der Waals surface area contributed by atoms with Gasteiger partial charge < -0.3 is 25.6 Å². The molecule has 0 atom stereocenters. The molecule has 0 radical (unpaired) electrons. The molecule has 0 amide bonds. The van der Waals surface area contributed by atoms with E-state index in [0.29, 0.717) is 28.2 Å². The molecule has 33 heavy (non-hydrogen) atoms. The summed E-state index contributed by atoms with van der Waals surface area (Å²) in [6.45, 7) is 3.83. The highest BCUT2D eigenvalue weighted by molar-refractivity contribution is 7.67. The fourth-order valence-corrected chi connectivity index (χ4v) is 3.97. The van der Waals surface area contributed by atoms with Crippen LogP contribution in [0.15, 0.2) is 48.7 Å². The average molecular weight is 488 g/mol. The molecule has 1 fully saturated rings. The first kappa shape index (κ1) is 23.1. The molecule has 3 aromatic rings. The molecule has 11 heteroatoms. The van der Waals surface area contributed by atoms with Crippen LogP contribution in [0.2, 0.25) is 5.02 Å². The van der Waals surface area contributed by atoms with Gasteiger partial charge in [0, 0.05) is 45.0 Å². The molecule has 0 unspecified atom stereocenters. The van der Waals surface area contributed by atoms with E-state index in [1.54, 1.807) is 18.5 Å². The number of hydrogen-bond donors (Lipinski definition) is 4. The Balaban J connectivity index is 1.57. The Hall–Kier alpha value is -3.08. The van der Waals surface area contributed by atoms with E-state index in [-0.39, 0.29) is 11.9 Å². The normalized spacial score (nSPS) is 13.5. The minimum Gasteiger partial charge on any atom is -0.494 e. The van der Waals surface area contributed by atoms with Gasteiger partial charge in [0.25, 0.3) is 0 Å². The number of nitrogens with one attached hydrogen (secondary N) is 3. The van der Waals surface area contributed by atoms with Crippen LogP contribution in [0, 0.1) is 0 Å². The highest BCUT2D eigenvalue weighted by atomic mass is 35.5. The maximum absolute atomic E-state index is 11.3. The van der Waals surface area contributed by atoms with Crippen molar-refractivity contribution in [2.24, 2.45) is 0 Å². The number of halogens is 1. The van der Waals surface area contributed by atoms with Gasteiger partial charge in [-0.1, -0.05) is 23.7 Å². The molecule has 0 spiro atoms. The van der Waals surface area contributed by atoms with Crippen molar-refractivity contribution in [3.8, 4) is 5.75 Å². The Morgan fingerprint density at radius 3 is 2.70 bits per heavy atom. The third kappa shape index (κ3) is 5.47. The fraction of sp³-hybridized carbons (Fsp3) is 0.273. The van der Waals surface area contributed by atoms with E-state index in [1.165, 1.54) is 6.20 Å². The topological polar surface area (TPSA) is 94.6 Å². The van der Waals surface area contributed by atoms with Crippen LogP contribution in [0.1, 0.15) is 0 Å². The van der Waals surface area contributed by atoms with Crippen molar-refractivity contribution in [1.82, 2.24) is 15.3 Å². The van der Waals surface area contributed by atoms with E-state index < -0.39 is 0 Å². The minimum atomic E-state index is -0.122. The zero-order valence-corrected chi connectivity index (χ0v) is 20.0. The summed E-state index contributed by atoms with van der Waals surface area (Å²) in [7, 11) is 3.36. The third-order valence-electron chi connectivity index (χ3n) is 5.29. The largest absolute Gasteiger partial charge is 0.494 e.